The molecule has 7 nitrogen and oxygen atoms in total. The molecule has 0 saturated carbocycles. The molecular formula is C14H31N3O4. The number of nitrogens with two attached hydrogens (primary N) is 2. The van der Waals surface area contributed by atoms with Crippen LogP contribution in [0.5, 0.6) is 0 Å². The molecule has 0 aromatic carbocycles. The Bertz CT molecular complexity index is 230. The van der Waals surface area contributed by atoms with Crippen molar-refractivity contribution in [3.05, 3.63) is 0 Å². The number of hydrogen-bond acceptors (Lipinski definition) is 7. The molecule has 0 radical (unpaired) electrons. The number of unbranched alkanes of at least 4 members (excludes halogenated alkanes) is 1. The van der Waals surface area contributed by atoms with Gasteiger partial charge in [0.15, 0.2) is 0 Å². The lowest BCUT2D eigenvalue weighted by molar-refractivity contribution is -0.145. The highest BCUT2D eigenvalue weighted by molar-refractivity contribution is 5.71. The normalized spacial score (nSPS) is 11.0. The Morgan fingerprint density at radius 2 is 1.52 bits per heavy atom. The van der Waals surface area contributed by atoms with E-state index in [1.807, 2.05) is 4.90 Å². The van der Waals surface area contributed by atoms with E-state index in [9.17, 15) is 4.79 Å². The van der Waals surface area contributed by atoms with E-state index in [2.05, 4.69) is 6.92 Å². The molecule has 7 heteroatoms. The van der Waals surface area contributed by atoms with Gasteiger partial charge in [0.05, 0.1) is 39.6 Å². The van der Waals surface area contributed by atoms with Crippen LogP contribution >= 0.6 is 0 Å². The average molecular weight is 305 g/mol. The maximum atomic E-state index is 11.7. The van der Waals surface area contributed by atoms with Crippen LogP contribution < -0.4 is 11.5 Å². The minimum atomic E-state index is -0.207. The number of carbonyl (C=O) groups is 1. The maximum Gasteiger partial charge on any atom is 0.320 e. The molecule has 0 fully saturated rings. The van der Waals surface area contributed by atoms with E-state index >= 15 is 0 Å². The van der Waals surface area contributed by atoms with Crippen molar-refractivity contribution >= 4 is 5.97 Å². The van der Waals surface area contributed by atoms with Gasteiger partial charge in [0, 0.05) is 26.2 Å². The second-order valence-corrected chi connectivity index (χ2v) is 4.65. The Morgan fingerprint density at radius 3 is 2.00 bits per heavy atom. The first-order chi connectivity index (χ1) is 10.2. The van der Waals surface area contributed by atoms with Crippen molar-refractivity contribution in [3.8, 4) is 0 Å². The summed E-state index contributed by atoms with van der Waals surface area (Å²) in [4.78, 5) is 13.7. The minimum absolute atomic E-state index is 0.207. The lowest BCUT2D eigenvalue weighted by atomic mass is 10.4. The first-order valence-corrected chi connectivity index (χ1v) is 7.68. The van der Waals surface area contributed by atoms with Crippen molar-refractivity contribution in [2.24, 2.45) is 11.5 Å². The molecule has 0 bridgehead atoms. The molecular weight excluding hydrogens is 274 g/mol. The molecule has 21 heavy (non-hydrogen) atoms. The summed E-state index contributed by atoms with van der Waals surface area (Å²) in [6.07, 6.45) is 1.90. The summed E-state index contributed by atoms with van der Waals surface area (Å²) < 4.78 is 15.8. The van der Waals surface area contributed by atoms with Gasteiger partial charge in [0.1, 0.15) is 0 Å². The van der Waals surface area contributed by atoms with E-state index in [0.717, 1.165) is 12.8 Å². The van der Waals surface area contributed by atoms with Crippen LogP contribution in [0.3, 0.4) is 0 Å². The molecule has 0 rings (SSSR count). The van der Waals surface area contributed by atoms with Crippen LogP contribution in [-0.2, 0) is 19.0 Å². The van der Waals surface area contributed by atoms with E-state index in [1.165, 1.54) is 0 Å². The average Bonchev–Trinajstić information content (AvgIpc) is 2.48. The Morgan fingerprint density at radius 1 is 0.952 bits per heavy atom. The zero-order chi connectivity index (χ0) is 15.8. The third kappa shape index (κ3) is 14.0. The van der Waals surface area contributed by atoms with Crippen molar-refractivity contribution in [1.82, 2.24) is 4.90 Å². The molecule has 0 unspecified atom stereocenters. The summed E-state index contributed by atoms with van der Waals surface area (Å²) in [5.74, 6) is -0.207. The molecule has 0 spiro atoms. The summed E-state index contributed by atoms with van der Waals surface area (Å²) in [6.45, 7) is 7.21. The molecule has 0 aliphatic heterocycles. The Labute approximate surface area is 127 Å². The number of esters is 1. The molecule has 4 N–H and O–H groups in total. The van der Waals surface area contributed by atoms with Gasteiger partial charge in [0.25, 0.3) is 0 Å². The minimum Gasteiger partial charge on any atom is -0.465 e. The molecule has 0 amide bonds. The second-order valence-electron chi connectivity index (χ2n) is 4.65. The van der Waals surface area contributed by atoms with Gasteiger partial charge in [-0.2, -0.15) is 0 Å². The summed E-state index contributed by atoms with van der Waals surface area (Å²) in [5.41, 5.74) is 10.7. The summed E-state index contributed by atoms with van der Waals surface area (Å²) >= 11 is 0. The van der Waals surface area contributed by atoms with Gasteiger partial charge in [-0.1, -0.05) is 13.3 Å². The van der Waals surface area contributed by atoms with Crippen LogP contribution in [0, 0.1) is 0 Å². The van der Waals surface area contributed by atoms with Crippen molar-refractivity contribution in [3.63, 3.8) is 0 Å². The van der Waals surface area contributed by atoms with Crippen LogP contribution in [-0.4, -0.2) is 76.6 Å². The lowest BCUT2D eigenvalue weighted by Gasteiger charge is -2.21. The highest BCUT2D eigenvalue weighted by atomic mass is 16.5. The quantitative estimate of drug-likeness (QED) is 0.313. The zero-order valence-electron chi connectivity index (χ0n) is 13.2. The van der Waals surface area contributed by atoms with Crippen molar-refractivity contribution < 1.29 is 19.0 Å². The number of nitrogens with zero attached hydrogens (tertiary/aromatic N) is 1. The van der Waals surface area contributed by atoms with Gasteiger partial charge in [-0.3, -0.25) is 9.69 Å². The van der Waals surface area contributed by atoms with Crippen molar-refractivity contribution in [2.75, 3.05) is 65.8 Å². The molecule has 0 aromatic heterocycles. The van der Waals surface area contributed by atoms with Gasteiger partial charge in [-0.05, 0) is 6.42 Å². The van der Waals surface area contributed by atoms with E-state index in [4.69, 9.17) is 25.7 Å². The Balaban J connectivity index is 3.94. The molecule has 0 aliphatic rings. The number of rotatable bonds is 15. The third-order valence-corrected chi connectivity index (χ3v) is 2.74. The van der Waals surface area contributed by atoms with E-state index in [0.29, 0.717) is 59.2 Å². The Hall–Kier alpha value is -0.730. The van der Waals surface area contributed by atoms with Crippen molar-refractivity contribution in [2.45, 2.75) is 19.8 Å². The smallest absolute Gasteiger partial charge is 0.320 e. The lowest BCUT2D eigenvalue weighted by Crippen LogP contribution is -2.36. The van der Waals surface area contributed by atoms with Gasteiger partial charge < -0.3 is 25.7 Å². The first-order valence-electron chi connectivity index (χ1n) is 7.68. The largest absolute Gasteiger partial charge is 0.465 e. The molecule has 0 atom stereocenters. The highest BCUT2D eigenvalue weighted by Gasteiger charge is 2.11. The summed E-state index contributed by atoms with van der Waals surface area (Å²) in [5, 5.41) is 0. The summed E-state index contributed by atoms with van der Waals surface area (Å²) in [6, 6.07) is 0. The van der Waals surface area contributed by atoms with Gasteiger partial charge in [-0.15, -0.1) is 0 Å². The van der Waals surface area contributed by atoms with Crippen LogP contribution in [0.25, 0.3) is 0 Å². The monoisotopic (exact) mass is 305 g/mol. The fourth-order valence-corrected chi connectivity index (χ4v) is 1.59. The predicted molar refractivity (Wildman–Crippen MR) is 82.1 cm³/mol. The Kier molecular flexibility index (Phi) is 15.1. The molecule has 0 saturated heterocycles. The number of hydrogen-bond donors (Lipinski definition) is 2. The predicted octanol–water partition coefficient (Wildman–Crippen LogP) is -0.418. The molecule has 0 aromatic rings. The summed E-state index contributed by atoms with van der Waals surface area (Å²) in [7, 11) is 0. The van der Waals surface area contributed by atoms with E-state index in [1.54, 1.807) is 0 Å². The first kappa shape index (κ1) is 20.3. The fraction of sp³-hybridized carbons (Fsp3) is 0.929. The SMILES string of the molecule is CCCCOC(=O)CN(CCOCCN)CCOCCN. The topological polar surface area (TPSA) is 100 Å². The highest BCUT2D eigenvalue weighted by Crippen LogP contribution is 1.94. The number of ether oxygens (including phenoxy) is 3. The molecule has 0 heterocycles. The van der Waals surface area contributed by atoms with Crippen LogP contribution in [0.4, 0.5) is 0 Å². The van der Waals surface area contributed by atoms with Gasteiger partial charge in [-0.25, -0.2) is 0 Å². The van der Waals surface area contributed by atoms with Gasteiger partial charge >= 0.3 is 5.97 Å². The van der Waals surface area contributed by atoms with Crippen LogP contribution in [0.2, 0.25) is 0 Å². The number of carbonyl (C=O) groups excluding carboxylic acids is 1. The van der Waals surface area contributed by atoms with E-state index in [-0.39, 0.29) is 12.5 Å². The fourth-order valence-electron chi connectivity index (χ4n) is 1.59. The molecule has 126 valence electrons. The van der Waals surface area contributed by atoms with Crippen LogP contribution in [0.1, 0.15) is 19.8 Å². The van der Waals surface area contributed by atoms with Crippen molar-refractivity contribution in [1.29, 1.82) is 0 Å². The third-order valence-electron chi connectivity index (χ3n) is 2.74. The van der Waals surface area contributed by atoms with Gasteiger partial charge in [0.2, 0.25) is 0 Å². The standard InChI is InChI=1S/C14H31N3O4/c1-2-3-8-21-14(18)13-17(6-11-19-9-4-15)7-12-20-10-5-16/h2-13,15-16H2,1H3. The zero-order valence-corrected chi connectivity index (χ0v) is 13.2. The molecule has 0 aliphatic carbocycles. The maximum absolute atomic E-state index is 11.7. The van der Waals surface area contributed by atoms with Crippen LogP contribution in [0.15, 0.2) is 0 Å². The van der Waals surface area contributed by atoms with E-state index < -0.39 is 0 Å². The second kappa shape index (κ2) is 15.7.